The van der Waals surface area contributed by atoms with Crippen molar-refractivity contribution in [2.24, 2.45) is 0 Å². The van der Waals surface area contributed by atoms with E-state index >= 15 is 0 Å². The SMILES string of the molecule is CC(=O)/C=C(/NS(=O)(=O)C(C)(C)C)c1ccccc1. The van der Waals surface area contributed by atoms with Crippen LogP contribution < -0.4 is 4.72 Å². The highest BCUT2D eigenvalue weighted by atomic mass is 32.2. The van der Waals surface area contributed by atoms with E-state index in [1.165, 1.54) is 13.0 Å². The molecule has 0 saturated heterocycles. The average molecular weight is 281 g/mol. The molecule has 1 N–H and O–H groups in total. The molecule has 1 rings (SSSR count). The van der Waals surface area contributed by atoms with Crippen LogP contribution in [0.5, 0.6) is 0 Å². The first-order valence-corrected chi connectivity index (χ1v) is 7.42. The van der Waals surface area contributed by atoms with Gasteiger partial charge in [-0.25, -0.2) is 8.42 Å². The number of hydrogen-bond acceptors (Lipinski definition) is 3. The number of rotatable bonds is 4. The molecule has 0 radical (unpaired) electrons. The van der Waals surface area contributed by atoms with Gasteiger partial charge < -0.3 is 0 Å². The van der Waals surface area contributed by atoms with Gasteiger partial charge in [-0.2, -0.15) is 0 Å². The van der Waals surface area contributed by atoms with Crippen molar-refractivity contribution in [3.8, 4) is 0 Å². The number of hydrogen-bond donors (Lipinski definition) is 1. The van der Waals surface area contributed by atoms with Gasteiger partial charge in [0.15, 0.2) is 5.78 Å². The largest absolute Gasteiger partial charge is 0.295 e. The highest BCUT2D eigenvalue weighted by molar-refractivity contribution is 7.91. The predicted octanol–water partition coefficient (Wildman–Crippen LogP) is 2.33. The maximum atomic E-state index is 12.2. The molecule has 0 bridgehead atoms. The highest BCUT2D eigenvalue weighted by Crippen LogP contribution is 2.19. The van der Waals surface area contributed by atoms with E-state index < -0.39 is 14.8 Å². The molecule has 1 aromatic carbocycles. The second-order valence-electron chi connectivity index (χ2n) is 5.25. The smallest absolute Gasteiger partial charge is 0.237 e. The van der Waals surface area contributed by atoms with Crippen LogP contribution in [0.3, 0.4) is 0 Å². The van der Waals surface area contributed by atoms with Crippen LogP contribution in [-0.4, -0.2) is 18.9 Å². The molecule has 0 fully saturated rings. The minimum Gasteiger partial charge on any atom is -0.295 e. The second kappa shape index (κ2) is 5.57. The van der Waals surface area contributed by atoms with E-state index in [0.717, 1.165) is 0 Å². The molecule has 0 aromatic heterocycles. The van der Waals surface area contributed by atoms with Crippen LogP contribution in [0.2, 0.25) is 0 Å². The van der Waals surface area contributed by atoms with E-state index in [1.54, 1.807) is 45.0 Å². The van der Waals surface area contributed by atoms with Crippen LogP contribution in [0.4, 0.5) is 0 Å². The minimum absolute atomic E-state index is 0.213. The first kappa shape index (κ1) is 15.4. The lowest BCUT2D eigenvalue weighted by Crippen LogP contribution is -2.38. The fourth-order valence-electron chi connectivity index (χ4n) is 1.29. The Balaban J connectivity index is 3.20. The molecule has 0 amide bonds. The maximum absolute atomic E-state index is 12.2. The molecule has 0 saturated carbocycles. The minimum atomic E-state index is -3.56. The van der Waals surface area contributed by atoms with Crippen LogP contribution in [0, 0.1) is 0 Å². The van der Waals surface area contributed by atoms with Crippen molar-refractivity contribution in [3.05, 3.63) is 42.0 Å². The Morgan fingerprint density at radius 3 is 2.11 bits per heavy atom. The van der Waals surface area contributed by atoms with Gasteiger partial charge in [-0.05, 0) is 33.3 Å². The van der Waals surface area contributed by atoms with Crippen molar-refractivity contribution in [1.82, 2.24) is 4.72 Å². The quantitative estimate of drug-likeness (QED) is 0.862. The maximum Gasteiger partial charge on any atom is 0.237 e. The van der Waals surface area contributed by atoms with Crippen LogP contribution in [0.15, 0.2) is 36.4 Å². The highest BCUT2D eigenvalue weighted by Gasteiger charge is 2.29. The van der Waals surface area contributed by atoms with Crippen molar-refractivity contribution in [3.63, 3.8) is 0 Å². The van der Waals surface area contributed by atoms with E-state index in [9.17, 15) is 13.2 Å². The van der Waals surface area contributed by atoms with Crippen molar-refractivity contribution in [2.45, 2.75) is 32.4 Å². The molecule has 0 spiro atoms. The van der Waals surface area contributed by atoms with Gasteiger partial charge in [0.05, 0.1) is 10.4 Å². The molecule has 4 nitrogen and oxygen atoms in total. The Kier molecular flexibility index (Phi) is 4.52. The standard InChI is InChI=1S/C14H19NO3S/c1-11(16)10-13(12-8-6-5-7-9-12)15-19(17,18)14(2,3)4/h5-10,15H,1-4H3/b13-10+. The number of nitrogens with one attached hydrogen (secondary N) is 1. The zero-order valence-electron chi connectivity index (χ0n) is 11.6. The van der Waals surface area contributed by atoms with Crippen molar-refractivity contribution in [1.29, 1.82) is 0 Å². The number of ketones is 1. The molecule has 0 aliphatic rings. The zero-order chi connectivity index (χ0) is 14.7. The molecule has 5 heteroatoms. The first-order valence-electron chi connectivity index (χ1n) is 5.93. The monoisotopic (exact) mass is 281 g/mol. The summed E-state index contributed by atoms with van der Waals surface area (Å²) >= 11 is 0. The fraction of sp³-hybridized carbons (Fsp3) is 0.357. The molecule has 104 valence electrons. The van der Waals surface area contributed by atoms with E-state index in [4.69, 9.17) is 0 Å². The molecule has 0 aliphatic carbocycles. The molecule has 0 heterocycles. The molecule has 0 unspecified atom stereocenters. The summed E-state index contributed by atoms with van der Waals surface area (Å²) in [5.74, 6) is -0.213. The first-order chi connectivity index (χ1) is 8.63. The van der Waals surface area contributed by atoms with Gasteiger partial charge in [0.2, 0.25) is 10.0 Å². The average Bonchev–Trinajstić information content (AvgIpc) is 2.27. The third-order valence-electron chi connectivity index (χ3n) is 2.48. The molecular weight excluding hydrogens is 262 g/mol. The van der Waals surface area contributed by atoms with E-state index in [1.807, 2.05) is 6.07 Å². The van der Waals surface area contributed by atoms with Gasteiger partial charge in [-0.3, -0.25) is 9.52 Å². The number of sulfonamides is 1. The fourth-order valence-corrected chi connectivity index (χ4v) is 2.06. The summed E-state index contributed by atoms with van der Waals surface area (Å²) in [7, 11) is -3.56. The Morgan fingerprint density at radius 1 is 1.16 bits per heavy atom. The van der Waals surface area contributed by atoms with E-state index in [2.05, 4.69) is 4.72 Å². The summed E-state index contributed by atoms with van der Waals surface area (Å²) in [5.41, 5.74) is 0.952. The molecule has 1 aromatic rings. The van der Waals surface area contributed by atoms with E-state index in [0.29, 0.717) is 11.3 Å². The lowest BCUT2D eigenvalue weighted by atomic mass is 10.1. The van der Waals surface area contributed by atoms with Gasteiger partial charge in [-0.1, -0.05) is 30.3 Å². The summed E-state index contributed by atoms with van der Waals surface area (Å²) in [5, 5.41) is 0. The molecule has 0 aliphatic heterocycles. The second-order valence-corrected chi connectivity index (χ2v) is 7.69. The van der Waals surface area contributed by atoms with Crippen LogP contribution in [0.25, 0.3) is 5.70 Å². The predicted molar refractivity (Wildman–Crippen MR) is 76.9 cm³/mol. The third-order valence-corrected chi connectivity index (χ3v) is 4.58. The van der Waals surface area contributed by atoms with Crippen molar-refractivity contribution < 1.29 is 13.2 Å². The van der Waals surface area contributed by atoms with Crippen LogP contribution in [0.1, 0.15) is 33.3 Å². The summed E-state index contributed by atoms with van der Waals surface area (Å²) in [6.45, 7) is 6.19. The molecule has 19 heavy (non-hydrogen) atoms. The van der Waals surface area contributed by atoms with Gasteiger partial charge >= 0.3 is 0 Å². The van der Waals surface area contributed by atoms with Gasteiger partial charge in [0.1, 0.15) is 0 Å². The molecule has 0 atom stereocenters. The number of benzene rings is 1. The number of allylic oxidation sites excluding steroid dienone is 1. The topological polar surface area (TPSA) is 63.2 Å². The number of carbonyl (C=O) groups excluding carboxylic acids is 1. The summed E-state index contributed by atoms with van der Waals surface area (Å²) in [6, 6.07) is 8.90. The van der Waals surface area contributed by atoms with Crippen molar-refractivity contribution >= 4 is 21.5 Å². The Hall–Kier alpha value is -1.62. The van der Waals surface area contributed by atoms with Gasteiger partial charge in [-0.15, -0.1) is 0 Å². The van der Waals surface area contributed by atoms with Gasteiger partial charge in [0, 0.05) is 6.08 Å². The Morgan fingerprint density at radius 2 is 1.68 bits per heavy atom. The lowest BCUT2D eigenvalue weighted by molar-refractivity contribution is -0.112. The lowest BCUT2D eigenvalue weighted by Gasteiger charge is -2.22. The Labute approximate surface area is 114 Å². The van der Waals surface area contributed by atoms with Crippen LogP contribution in [-0.2, 0) is 14.8 Å². The summed E-state index contributed by atoms with van der Waals surface area (Å²) in [6.07, 6.45) is 1.29. The van der Waals surface area contributed by atoms with Crippen molar-refractivity contribution in [2.75, 3.05) is 0 Å². The summed E-state index contributed by atoms with van der Waals surface area (Å²) < 4.78 is 25.9. The van der Waals surface area contributed by atoms with Crippen LogP contribution >= 0.6 is 0 Å². The summed E-state index contributed by atoms with van der Waals surface area (Å²) in [4.78, 5) is 11.3. The number of carbonyl (C=O) groups is 1. The third kappa shape index (κ3) is 4.21. The normalized spacial score (nSPS) is 13.2. The van der Waals surface area contributed by atoms with E-state index in [-0.39, 0.29) is 5.78 Å². The zero-order valence-corrected chi connectivity index (χ0v) is 12.4. The Bertz CT molecular complexity index is 581. The molecular formula is C14H19NO3S. The van der Waals surface area contributed by atoms with Gasteiger partial charge in [0.25, 0.3) is 0 Å².